The van der Waals surface area contributed by atoms with Gasteiger partial charge in [-0.2, -0.15) is 4.31 Å². The molecule has 9 heteroatoms. The Balaban J connectivity index is 2.18. The van der Waals surface area contributed by atoms with Gasteiger partial charge >= 0.3 is 0 Å². The number of hydrogen-bond acceptors (Lipinski definition) is 4. The lowest BCUT2D eigenvalue weighted by molar-refractivity contribution is -0.116. The summed E-state index contributed by atoms with van der Waals surface area (Å²) in [5.74, 6) is -0.319. The molecule has 0 aromatic heterocycles. The molecule has 0 spiro atoms. The SMILES string of the molecule is CCOc1ccc(Cl)cc1S(=O)(=O)N(C)CC(=O)Nc1ccc(C)c(Cl)c1. The number of hydrogen-bond donors (Lipinski definition) is 1. The second-order valence-electron chi connectivity index (χ2n) is 5.80. The molecule has 0 aliphatic carbocycles. The number of anilines is 1. The molecule has 0 atom stereocenters. The van der Waals surface area contributed by atoms with Crippen LogP contribution in [0.2, 0.25) is 10.0 Å². The van der Waals surface area contributed by atoms with Crippen LogP contribution in [0.5, 0.6) is 5.75 Å². The largest absolute Gasteiger partial charge is 0.492 e. The van der Waals surface area contributed by atoms with Crippen molar-refractivity contribution in [3.8, 4) is 5.75 Å². The molecule has 0 unspecified atom stereocenters. The summed E-state index contributed by atoms with van der Waals surface area (Å²) in [6, 6.07) is 9.39. The molecule has 6 nitrogen and oxygen atoms in total. The van der Waals surface area contributed by atoms with Crippen LogP contribution in [0.1, 0.15) is 12.5 Å². The van der Waals surface area contributed by atoms with Gasteiger partial charge in [0.2, 0.25) is 15.9 Å². The third kappa shape index (κ3) is 5.35. The molecular formula is C18H20Cl2N2O4S. The average Bonchev–Trinajstić information content (AvgIpc) is 2.59. The van der Waals surface area contributed by atoms with E-state index in [2.05, 4.69) is 5.32 Å². The number of nitrogens with zero attached hydrogens (tertiary/aromatic N) is 1. The molecule has 1 amide bonds. The number of carbonyl (C=O) groups is 1. The highest BCUT2D eigenvalue weighted by atomic mass is 35.5. The van der Waals surface area contributed by atoms with E-state index in [-0.39, 0.29) is 22.2 Å². The molecule has 0 aliphatic heterocycles. The standard InChI is InChI=1S/C18H20Cl2N2O4S/c1-4-26-16-8-6-13(19)9-17(16)27(24,25)22(3)11-18(23)21-14-7-5-12(2)15(20)10-14/h5-10H,4,11H2,1-3H3,(H,21,23). The van der Waals surface area contributed by atoms with Crippen LogP contribution < -0.4 is 10.1 Å². The first kappa shape index (κ1) is 21.5. The van der Waals surface area contributed by atoms with Crippen molar-refractivity contribution in [1.29, 1.82) is 0 Å². The van der Waals surface area contributed by atoms with Crippen LogP contribution in [0, 0.1) is 6.92 Å². The maximum atomic E-state index is 12.9. The number of amides is 1. The molecule has 2 rings (SSSR count). The molecule has 0 aliphatic rings. The molecule has 0 heterocycles. The normalized spacial score (nSPS) is 11.5. The molecule has 1 N–H and O–H groups in total. The monoisotopic (exact) mass is 430 g/mol. The third-order valence-corrected chi connectivity index (χ3v) is 6.18. The van der Waals surface area contributed by atoms with Crippen LogP contribution >= 0.6 is 23.2 Å². The predicted octanol–water partition coefficient (Wildman–Crippen LogP) is 3.96. The van der Waals surface area contributed by atoms with Crippen LogP contribution in [-0.2, 0) is 14.8 Å². The van der Waals surface area contributed by atoms with E-state index < -0.39 is 15.9 Å². The van der Waals surface area contributed by atoms with Crippen molar-refractivity contribution in [2.75, 3.05) is 25.5 Å². The van der Waals surface area contributed by atoms with Crippen molar-refractivity contribution in [1.82, 2.24) is 4.31 Å². The fourth-order valence-corrected chi connectivity index (χ4v) is 3.98. The molecule has 27 heavy (non-hydrogen) atoms. The van der Waals surface area contributed by atoms with Crippen molar-refractivity contribution < 1.29 is 17.9 Å². The summed E-state index contributed by atoms with van der Waals surface area (Å²) in [4.78, 5) is 12.2. The van der Waals surface area contributed by atoms with Gasteiger partial charge in [0.1, 0.15) is 10.6 Å². The Morgan fingerprint density at radius 3 is 2.52 bits per heavy atom. The number of benzene rings is 2. The highest BCUT2D eigenvalue weighted by Gasteiger charge is 2.27. The van der Waals surface area contributed by atoms with Gasteiger partial charge in [0.25, 0.3) is 0 Å². The number of nitrogens with one attached hydrogen (secondary N) is 1. The lowest BCUT2D eigenvalue weighted by Gasteiger charge is -2.19. The van der Waals surface area contributed by atoms with E-state index in [1.807, 2.05) is 6.92 Å². The third-order valence-electron chi connectivity index (χ3n) is 3.72. The number of likely N-dealkylation sites (N-methyl/N-ethyl adjacent to an activating group) is 1. The first-order valence-corrected chi connectivity index (χ1v) is 10.3. The van der Waals surface area contributed by atoms with Gasteiger partial charge in [-0.15, -0.1) is 0 Å². The number of aryl methyl sites for hydroxylation is 1. The molecule has 2 aromatic carbocycles. The topological polar surface area (TPSA) is 75.7 Å². The molecule has 0 radical (unpaired) electrons. The molecule has 146 valence electrons. The first-order valence-electron chi connectivity index (χ1n) is 8.10. The minimum atomic E-state index is -3.98. The Labute approximate surface area is 169 Å². The van der Waals surface area contributed by atoms with Crippen molar-refractivity contribution in [2.24, 2.45) is 0 Å². The average molecular weight is 431 g/mol. The van der Waals surface area contributed by atoms with Gasteiger partial charge in [-0.3, -0.25) is 4.79 Å². The maximum absolute atomic E-state index is 12.9. The Bertz CT molecular complexity index is 948. The van der Waals surface area contributed by atoms with Crippen molar-refractivity contribution in [2.45, 2.75) is 18.7 Å². The number of ether oxygens (including phenoxy) is 1. The second kappa shape index (κ2) is 8.93. The van der Waals surface area contributed by atoms with E-state index in [1.165, 1.54) is 19.2 Å². The molecule has 0 saturated heterocycles. The number of halogens is 2. The van der Waals surface area contributed by atoms with E-state index in [0.29, 0.717) is 17.3 Å². The summed E-state index contributed by atoms with van der Waals surface area (Å²) in [6.45, 7) is 3.50. The second-order valence-corrected chi connectivity index (χ2v) is 8.65. The zero-order chi connectivity index (χ0) is 20.2. The summed E-state index contributed by atoms with van der Waals surface area (Å²) in [6.07, 6.45) is 0. The van der Waals surface area contributed by atoms with Crippen molar-refractivity contribution >= 4 is 44.8 Å². The highest BCUT2D eigenvalue weighted by Crippen LogP contribution is 2.29. The minimum Gasteiger partial charge on any atom is -0.492 e. The first-order chi connectivity index (χ1) is 12.6. The van der Waals surface area contributed by atoms with E-state index in [4.69, 9.17) is 27.9 Å². The summed E-state index contributed by atoms with van der Waals surface area (Å²) >= 11 is 12.0. The number of rotatable bonds is 7. The van der Waals surface area contributed by atoms with Crippen molar-refractivity contribution in [3.63, 3.8) is 0 Å². The zero-order valence-corrected chi connectivity index (χ0v) is 17.5. The van der Waals surface area contributed by atoms with Crippen LogP contribution in [0.3, 0.4) is 0 Å². The summed E-state index contributed by atoms with van der Waals surface area (Å²) in [5, 5.41) is 3.39. The van der Waals surface area contributed by atoms with Gasteiger partial charge < -0.3 is 10.1 Å². The lowest BCUT2D eigenvalue weighted by atomic mass is 10.2. The highest BCUT2D eigenvalue weighted by molar-refractivity contribution is 7.89. The van der Waals surface area contributed by atoms with E-state index in [0.717, 1.165) is 9.87 Å². The molecule has 2 aromatic rings. The van der Waals surface area contributed by atoms with Crippen LogP contribution in [0.4, 0.5) is 5.69 Å². The predicted molar refractivity (Wildman–Crippen MR) is 107 cm³/mol. The molecule has 0 fully saturated rings. The lowest BCUT2D eigenvalue weighted by Crippen LogP contribution is -2.35. The summed E-state index contributed by atoms with van der Waals surface area (Å²) in [7, 11) is -2.67. The number of carbonyl (C=O) groups excluding carboxylic acids is 1. The van der Waals surface area contributed by atoms with Gasteiger partial charge in [0, 0.05) is 22.8 Å². The zero-order valence-electron chi connectivity index (χ0n) is 15.1. The van der Waals surface area contributed by atoms with Crippen LogP contribution in [-0.4, -0.2) is 38.8 Å². The Kier molecular flexibility index (Phi) is 7.11. The van der Waals surface area contributed by atoms with E-state index in [1.54, 1.807) is 31.2 Å². The summed E-state index contributed by atoms with van der Waals surface area (Å²) in [5.41, 5.74) is 1.36. The molecular weight excluding hydrogens is 411 g/mol. The molecule has 0 saturated carbocycles. The van der Waals surface area contributed by atoms with Gasteiger partial charge in [0.05, 0.1) is 13.2 Å². The van der Waals surface area contributed by atoms with Gasteiger partial charge in [-0.1, -0.05) is 29.3 Å². The van der Waals surface area contributed by atoms with Crippen LogP contribution in [0.25, 0.3) is 0 Å². The minimum absolute atomic E-state index is 0.0921. The number of sulfonamides is 1. The van der Waals surface area contributed by atoms with E-state index in [9.17, 15) is 13.2 Å². The fourth-order valence-electron chi connectivity index (χ4n) is 2.28. The quantitative estimate of drug-likeness (QED) is 0.720. The maximum Gasteiger partial charge on any atom is 0.247 e. The van der Waals surface area contributed by atoms with Crippen molar-refractivity contribution in [3.05, 3.63) is 52.0 Å². The smallest absolute Gasteiger partial charge is 0.247 e. The van der Waals surface area contributed by atoms with Gasteiger partial charge in [-0.05, 0) is 49.7 Å². The summed E-state index contributed by atoms with van der Waals surface area (Å²) < 4.78 is 32.0. The van der Waals surface area contributed by atoms with Crippen LogP contribution in [0.15, 0.2) is 41.3 Å². The fraction of sp³-hybridized carbons (Fsp3) is 0.278. The Morgan fingerprint density at radius 1 is 1.19 bits per heavy atom. The Morgan fingerprint density at radius 2 is 1.89 bits per heavy atom. The van der Waals surface area contributed by atoms with Gasteiger partial charge in [-0.25, -0.2) is 8.42 Å². The van der Waals surface area contributed by atoms with E-state index >= 15 is 0 Å². The van der Waals surface area contributed by atoms with Gasteiger partial charge in [0.15, 0.2) is 0 Å². The Hall–Kier alpha value is -1.80. The molecule has 0 bridgehead atoms.